The van der Waals surface area contributed by atoms with Crippen LogP contribution < -0.4 is 4.74 Å². The van der Waals surface area contributed by atoms with Crippen LogP contribution in [-0.2, 0) is 14.3 Å². The van der Waals surface area contributed by atoms with Crippen molar-refractivity contribution in [3.63, 3.8) is 0 Å². The van der Waals surface area contributed by atoms with Gasteiger partial charge < -0.3 is 9.47 Å². The number of terminal acetylenes is 1. The van der Waals surface area contributed by atoms with Gasteiger partial charge in [0.1, 0.15) is 13.2 Å². The molecule has 130 valence electrons. The Kier molecular flexibility index (Phi) is 6.37. The van der Waals surface area contributed by atoms with Gasteiger partial charge in [0, 0.05) is 0 Å². The quantitative estimate of drug-likeness (QED) is 0.429. The van der Waals surface area contributed by atoms with E-state index in [4.69, 9.17) is 34.4 Å². The zero-order valence-electron chi connectivity index (χ0n) is 12.9. The average molecular weight is 400 g/mol. The van der Waals surface area contributed by atoms with Crippen LogP contribution in [0.5, 0.6) is 5.75 Å². The molecule has 0 spiro atoms. The van der Waals surface area contributed by atoms with E-state index in [2.05, 4.69) is 10.7 Å². The Balaban J connectivity index is 2.26. The Labute approximate surface area is 158 Å². The number of hydrogen-bond donors (Lipinski definition) is 0. The van der Waals surface area contributed by atoms with Gasteiger partial charge in [0.15, 0.2) is 5.75 Å². The molecule has 0 radical (unpaired) electrons. The van der Waals surface area contributed by atoms with Crippen molar-refractivity contribution >= 4 is 58.2 Å². The summed E-state index contributed by atoms with van der Waals surface area (Å²) >= 11 is 12.9. The molecule has 1 fully saturated rings. The number of carbonyl (C=O) groups excluding carboxylic acids is 3. The van der Waals surface area contributed by atoms with Gasteiger partial charge in [0.2, 0.25) is 0 Å². The lowest BCUT2D eigenvalue weighted by Crippen LogP contribution is -2.34. The number of amides is 2. The molecule has 0 bridgehead atoms. The van der Waals surface area contributed by atoms with Crippen molar-refractivity contribution in [2.45, 2.75) is 0 Å². The van der Waals surface area contributed by atoms with Gasteiger partial charge in [-0.1, -0.05) is 29.1 Å². The molecule has 0 unspecified atom stereocenters. The first kappa shape index (κ1) is 19.2. The molecular weight excluding hydrogens is 389 g/mol. The van der Waals surface area contributed by atoms with E-state index in [9.17, 15) is 14.4 Å². The number of esters is 1. The molecule has 9 heteroatoms. The summed E-state index contributed by atoms with van der Waals surface area (Å²) in [6, 6.07) is 3.04. The number of thioether (sulfide) groups is 1. The molecular formula is C16H11Cl2NO5S. The summed E-state index contributed by atoms with van der Waals surface area (Å²) in [6.45, 7) is -0.440. The molecule has 1 aliphatic rings. The third kappa shape index (κ3) is 4.48. The normalized spacial score (nSPS) is 15.4. The summed E-state index contributed by atoms with van der Waals surface area (Å²) in [5.74, 6) is 1.25. The third-order valence-corrected chi connectivity index (χ3v) is 4.48. The van der Waals surface area contributed by atoms with Gasteiger partial charge in [-0.2, -0.15) is 0 Å². The van der Waals surface area contributed by atoms with E-state index in [1.54, 1.807) is 0 Å². The second kappa shape index (κ2) is 8.30. The average Bonchev–Trinajstić information content (AvgIpc) is 2.81. The van der Waals surface area contributed by atoms with E-state index in [-0.39, 0.29) is 27.3 Å². The van der Waals surface area contributed by atoms with Crippen molar-refractivity contribution in [3.8, 4) is 18.1 Å². The molecule has 2 rings (SSSR count). The maximum atomic E-state index is 12.2. The first-order valence-corrected chi connectivity index (χ1v) is 8.32. The number of methoxy groups -OCH3 is 1. The maximum absolute atomic E-state index is 12.2. The van der Waals surface area contributed by atoms with Gasteiger partial charge >= 0.3 is 5.97 Å². The summed E-state index contributed by atoms with van der Waals surface area (Å²) in [4.78, 5) is 36.3. The van der Waals surface area contributed by atoms with Gasteiger partial charge in [0.25, 0.3) is 11.1 Å². The lowest BCUT2D eigenvalue weighted by molar-refractivity contribution is -0.143. The van der Waals surface area contributed by atoms with Crippen LogP contribution in [0.25, 0.3) is 6.08 Å². The Bertz CT molecular complexity index is 792. The first-order valence-electron chi connectivity index (χ1n) is 6.75. The molecule has 0 aromatic heterocycles. The van der Waals surface area contributed by atoms with Crippen LogP contribution in [-0.4, -0.2) is 42.3 Å². The largest absolute Gasteiger partial charge is 0.478 e. The second-order valence-corrected chi connectivity index (χ2v) is 6.46. The number of carbonyl (C=O) groups is 3. The van der Waals surface area contributed by atoms with E-state index in [1.807, 2.05) is 0 Å². The van der Waals surface area contributed by atoms with Crippen LogP contribution in [0.1, 0.15) is 5.56 Å². The molecule has 1 heterocycles. The fourth-order valence-electron chi connectivity index (χ4n) is 1.90. The number of halogens is 2. The van der Waals surface area contributed by atoms with Gasteiger partial charge in [0.05, 0.1) is 22.1 Å². The molecule has 0 N–H and O–H groups in total. The van der Waals surface area contributed by atoms with Crippen LogP contribution >= 0.6 is 35.0 Å². The fourth-order valence-corrected chi connectivity index (χ4v) is 3.35. The minimum absolute atomic E-state index is 0.00516. The Morgan fingerprint density at radius 2 is 2.00 bits per heavy atom. The zero-order valence-corrected chi connectivity index (χ0v) is 15.2. The minimum atomic E-state index is -0.690. The SMILES string of the molecule is C#CCOc1c(Cl)cc(/C=C2/SC(=O)N(CC(=O)OC)C2=O)cc1Cl. The van der Waals surface area contributed by atoms with Crippen LogP contribution in [0.2, 0.25) is 10.0 Å². The van der Waals surface area contributed by atoms with E-state index >= 15 is 0 Å². The van der Waals surface area contributed by atoms with Crippen molar-refractivity contribution in [3.05, 3.63) is 32.6 Å². The number of ether oxygens (including phenoxy) is 2. The lowest BCUT2D eigenvalue weighted by Gasteiger charge is -2.10. The molecule has 25 heavy (non-hydrogen) atoms. The summed E-state index contributed by atoms with van der Waals surface area (Å²) in [6.07, 6.45) is 6.57. The predicted octanol–water partition coefficient (Wildman–Crippen LogP) is 3.21. The van der Waals surface area contributed by atoms with Crippen LogP contribution in [0.3, 0.4) is 0 Å². The predicted molar refractivity (Wildman–Crippen MR) is 95.5 cm³/mol. The van der Waals surface area contributed by atoms with Gasteiger partial charge in [-0.15, -0.1) is 6.42 Å². The molecule has 0 aliphatic carbocycles. The van der Waals surface area contributed by atoms with Crippen molar-refractivity contribution < 1.29 is 23.9 Å². The topological polar surface area (TPSA) is 72.9 Å². The molecule has 0 saturated carbocycles. The molecule has 6 nitrogen and oxygen atoms in total. The third-order valence-electron chi connectivity index (χ3n) is 3.01. The van der Waals surface area contributed by atoms with E-state index in [1.165, 1.54) is 25.3 Å². The highest BCUT2D eigenvalue weighted by Crippen LogP contribution is 2.37. The Morgan fingerprint density at radius 1 is 1.36 bits per heavy atom. The molecule has 1 saturated heterocycles. The van der Waals surface area contributed by atoms with E-state index < -0.39 is 23.7 Å². The highest BCUT2D eigenvalue weighted by atomic mass is 35.5. The lowest BCUT2D eigenvalue weighted by atomic mass is 10.2. The number of rotatable bonds is 5. The number of hydrogen-bond acceptors (Lipinski definition) is 6. The monoisotopic (exact) mass is 399 g/mol. The zero-order chi connectivity index (χ0) is 18.6. The van der Waals surface area contributed by atoms with E-state index in [0.717, 1.165) is 4.90 Å². The molecule has 1 aromatic carbocycles. The van der Waals surface area contributed by atoms with Crippen LogP contribution in [0.15, 0.2) is 17.0 Å². The highest BCUT2D eigenvalue weighted by molar-refractivity contribution is 8.18. The minimum Gasteiger partial charge on any atom is -0.478 e. The Hall–Kier alpha value is -2.14. The molecule has 1 aliphatic heterocycles. The van der Waals surface area contributed by atoms with Crippen molar-refractivity contribution in [2.75, 3.05) is 20.3 Å². The summed E-state index contributed by atoms with van der Waals surface area (Å²) in [7, 11) is 1.17. The van der Waals surface area contributed by atoms with Crippen molar-refractivity contribution in [1.82, 2.24) is 4.90 Å². The summed E-state index contributed by atoms with van der Waals surface area (Å²) in [5.41, 5.74) is 0.492. The van der Waals surface area contributed by atoms with Gasteiger partial charge in [-0.25, -0.2) is 0 Å². The van der Waals surface area contributed by atoms with E-state index in [0.29, 0.717) is 17.3 Å². The van der Waals surface area contributed by atoms with Crippen molar-refractivity contribution in [1.29, 1.82) is 0 Å². The smallest absolute Gasteiger partial charge is 0.325 e. The molecule has 2 amide bonds. The second-order valence-electron chi connectivity index (χ2n) is 4.65. The van der Waals surface area contributed by atoms with Crippen LogP contribution in [0.4, 0.5) is 4.79 Å². The standard InChI is InChI=1S/C16H11Cl2NO5S/c1-3-4-24-14-10(17)5-9(6-11(14)18)7-12-15(21)19(16(22)25-12)8-13(20)23-2/h1,5-7H,4,8H2,2H3/b12-7+. The van der Waals surface area contributed by atoms with Gasteiger partial charge in [-0.3, -0.25) is 19.3 Å². The van der Waals surface area contributed by atoms with Crippen LogP contribution in [0, 0.1) is 12.3 Å². The van der Waals surface area contributed by atoms with Crippen molar-refractivity contribution in [2.24, 2.45) is 0 Å². The van der Waals surface area contributed by atoms with Gasteiger partial charge in [-0.05, 0) is 35.5 Å². The number of benzene rings is 1. The number of nitrogens with zero attached hydrogens (tertiary/aromatic N) is 1. The summed E-state index contributed by atoms with van der Waals surface area (Å²) in [5, 5.41) is -0.140. The number of imide groups is 1. The maximum Gasteiger partial charge on any atom is 0.325 e. The molecule has 0 atom stereocenters. The Morgan fingerprint density at radius 3 is 2.56 bits per heavy atom. The summed E-state index contributed by atoms with van der Waals surface area (Å²) < 4.78 is 9.71. The fraction of sp³-hybridized carbons (Fsp3) is 0.188. The first-order chi connectivity index (χ1) is 11.9. The molecule has 1 aromatic rings. The highest BCUT2D eigenvalue weighted by Gasteiger charge is 2.36.